The molecule has 2 aliphatic rings. The Kier molecular flexibility index (Phi) is 4.34. The number of anilines is 1. The zero-order chi connectivity index (χ0) is 17.2. The number of carbonyl (C=O) groups excluding carboxylic acids is 1. The maximum atomic E-state index is 13.5. The fourth-order valence-electron chi connectivity index (χ4n) is 3.84. The van der Waals surface area contributed by atoms with Gasteiger partial charge in [0.15, 0.2) is 0 Å². The van der Waals surface area contributed by atoms with Crippen molar-refractivity contribution in [2.45, 2.75) is 31.7 Å². The highest BCUT2D eigenvalue weighted by molar-refractivity contribution is 5.79. The number of piperidine rings is 1. The summed E-state index contributed by atoms with van der Waals surface area (Å²) in [7, 11) is 0. The first kappa shape index (κ1) is 16.0. The minimum absolute atomic E-state index is 0.00512. The summed E-state index contributed by atoms with van der Waals surface area (Å²) in [5.74, 6) is 0.713. The van der Waals surface area contributed by atoms with E-state index in [0.717, 1.165) is 55.7 Å². The van der Waals surface area contributed by atoms with E-state index in [0.29, 0.717) is 0 Å². The van der Waals surface area contributed by atoms with Gasteiger partial charge in [-0.15, -0.1) is 0 Å². The molecule has 1 fully saturated rings. The molecule has 1 aromatic carbocycles. The van der Waals surface area contributed by atoms with E-state index < -0.39 is 0 Å². The van der Waals surface area contributed by atoms with E-state index in [1.165, 1.54) is 6.07 Å². The molecule has 25 heavy (non-hydrogen) atoms. The van der Waals surface area contributed by atoms with Gasteiger partial charge in [-0.2, -0.15) is 0 Å². The highest BCUT2D eigenvalue weighted by atomic mass is 19.1. The fourth-order valence-corrected chi connectivity index (χ4v) is 3.84. The SMILES string of the molecule is O=C(NC1CCc2ccc(F)cc21)C1CCN(c2cnccn2)CC1. The van der Waals surface area contributed by atoms with Gasteiger partial charge in [-0.1, -0.05) is 6.07 Å². The highest BCUT2D eigenvalue weighted by Gasteiger charge is 2.30. The smallest absolute Gasteiger partial charge is 0.223 e. The summed E-state index contributed by atoms with van der Waals surface area (Å²) in [6.07, 6.45) is 8.44. The molecule has 0 spiro atoms. The first-order valence-electron chi connectivity index (χ1n) is 8.80. The van der Waals surface area contributed by atoms with Gasteiger partial charge in [-0.05, 0) is 48.9 Å². The van der Waals surface area contributed by atoms with Crippen LogP contribution in [0.4, 0.5) is 10.2 Å². The molecule has 1 aromatic heterocycles. The topological polar surface area (TPSA) is 58.1 Å². The number of nitrogens with one attached hydrogen (secondary N) is 1. The van der Waals surface area contributed by atoms with Crippen molar-refractivity contribution in [2.24, 2.45) is 5.92 Å². The second kappa shape index (κ2) is 6.78. The van der Waals surface area contributed by atoms with E-state index in [9.17, 15) is 9.18 Å². The van der Waals surface area contributed by atoms with Crippen LogP contribution in [0.5, 0.6) is 0 Å². The number of carbonyl (C=O) groups is 1. The number of hydrogen-bond donors (Lipinski definition) is 1. The number of halogens is 1. The van der Waals surface area contributed by atoms with Crippen molar-refractivity contribution in [1.29, 1.82) is 0 Å². The van der Waals surface area contributed by atoms with Crippen LogP contribution in [-0.2, 0) is 11.2 Å². The third kappa shape index (κ3) is 3.34. The first-order valence-corrected chi connectivity index (χ1v) is 8.80. The third-order valence-electron chi connectivity index (χ3n) is 5.24. The molecule has 6 heteroatoms. The molecule has 1 atom stereocenters. The van der Waals surface area contributed by atoms with E-state index in [2.05, 4.69) is 20.2 Å². The van der Waals surface area contributed by atoms with Gasteiger partial charge in [0.05, 0.1) is 12.2 Å². The summed E-state index contributed by atoms with van der Waals surface area (Å²) in [6, 6.07) is 4.82. The Morgan fingerprint density at radius 1 is 1.20 bits per heavy atom. The first-order chi connectivity index (χ1) is 12.2. The molecule has 2 aromatic rings. The molecule has 1 aliphatic carbocycles. The van der Waals surface area contributed by atoms with Gasteiger partial charge in [0.1, 0.15) is 11.6 Å². The molecular weight excluding hydrogens is 319 g/mol. The zero-order valence-electron chi connectivity index (χ0n) is 14.0. The van der Waals surface area contributed by atoms with Crippen LogP contribution >= 0.6 is 0 Å². The van der Waals surface area contributed by atoms with Crippen molar-refractivity contribution < 1.29 is 9.18 Å². The summed E-state index contributed by atoms with van der Waals surface area (Å²) in [5, 5.41) is 3.13. The van der Waals surface area contributed by atoms with Crippen molar-refractivity contribution in [3.05, 3.63) is 53.7 Å². The van der Waals surface area contributed by atoms with Gasteiger partial charge in [0.25, 0.3) is 0 Å². The molecule has 4 rings (SSSR count). The predicted octanol–water partition coefficient (Wildman–Crippen LogP) is 2.64. The monoisotopic (exact) mass is 340 g/mol. The highest BCUT2D eigenvalue weighted by Crippen LogP contribution is 2.32. The molecule has 1 unspecified atom stereocenters. The van der Waals surface area contributed by atoms with E-state index in [-0.39, 0.29) is 23.7 Å². The number of fused-ring (bicyclic) bond motifs is 1. The van der Waals surface area contributed by atoms with Crippen LogP contribution in [0.2, 0.25) is 0 Å². The van der Waals surface area contributed by atoms with Crippen LogP contribution in [0.3, 0.4) is 0 Å². The number of nitrogens with zero attached hydrogens (tertiary/aromatic N) is 3. The lowest BCUT2D eigenvalue weighted by Crippen LogP contribution is -2.41. The number of amides is 1. The summed E-state index contributed by atoms with van der Waals surface area (Å²) >= 11 is 0. The van der Waals surface area contributed by atoms with Crippen molar-refractivity contribution in [1.82, 2.24) is 15.3 Å². The number of benzene rings is 1. The Morgan fingerprint density at radius 3 is 2.80 bits per heavy atom. The zero-order valence-corrected chi connectivity index (χ0v) is 14.0. The lowest BCUT2D eigenvalue weighted by Gasteiger charge is -2.32. The van der Waals surface area contributed by atoms with Gasteiger partial charge in [-0.25, -0.2) is 9.37 Å². The summed E-state index contributed by atoms with van der Waals surface area (Å²) in [5.41, 5.74) is 2.08. The molecule has 1 saturated heterocycles. The lowest BCUT2D eigenvalue weighted by atomic mass is 9.95. The molecule has 0 radical (unpaired) electrons. The van der Waals surface area contributed by atoms with Gasteiger partial charge in [-0.3, -0.25) is 9.78 Å². The molecule has 2 heterocycles. The van der Waals surface area contributed by atoms with E-state index in [4.69, 9.17) is 0 Å². The minimum Gasteiger partial charge on any atom is -0.355 e. The van der Waals surface area contributed by atoms with Crippen LogP contribution < -0.4 is 10.2 Å². The standard InChI is InChI=1S/C19H21FN4O/c20-15-3-1-13-2-4-17(16(13)11-15)23-19(25)14-5-9-24(10-6-14)18-12-21-7-8-22-18/h1,3,7-8,11-12,14,17H,2,4-6,9-10H2,(H,23,25). The quantitative estimate of drug-likeness (QED) is 0.933. The second-order valence-corrected chi connectivity index (χ2v) is 6.77. The van der Waals surface area contributed by atoms with Crippen LogP contribution in [-0.4, -0.2) is 29.0 Å². The van der Waals surface area contributed by atoms with Gasteiger partial charge < -0.3 is 10.2 Å². The number of hydrogen-bond acceptors (Lipinski definition) is 4. The fraction of sp³-hybridized carbons (Fsp3) is 0.421. The summed E-state index contributed by atoms with van der Waals surface area (Å²) < 4.78 is 13.5. The number of aryl methyl sites for hydroxylation is 1. The van der Waals surface area contributed by atoms with Crippen molar-refractivity contribution in [2.75, 3.05) is 18.0 Å². The molecule has 0 bridgehead atoms. The largest absolute Gasteiger partial charge is 0.355 e. The Labute approximate surface area is 146 Å². The van der Waals surface area contributed by atoms with E-state index >= 15 is 0 Å². The minimum atomic E-state index is -0.239. The van der Waals surface area contributed by atoms with Gasteiger partial charge in [0.2, 0.25) is 5.91 Å². The van der Waals surface area contributed by atoms with Gasteiger partial charge in [0, 0.05) is 31.4 Å². The molecule has 1 amide bonds. The van der Waals surface area contributed by atoms with Crippen molar-refractivity contribution >= 4 is 11.7 Å². The van der Waals surface area contributed by atoms with Crippen molar-refractivity contribution in [3.63, 3.8) is 0 Å². The Morgan fingerprint density at radius 2 is 2.04 bits per heavy atom. The molecular formula is C19H21FN4O. The molecule has 5 nitrogen and oxygen atoms in total. The lowest BCUT2D eigenvalue weighted by molar-refractivity contribution is -0.126. The number of rotatable bonds is 3. The van der Waals surface area contributed by atoms with Crippen LogP contribution in [0, 0.1) is 11.7 Å². The predicted molar refractivity (Wildman–Crippen MR) is 92.6 cm³/mol. The molecule has 0 saturated carbocycles. The van der Waals surface area contributed by atoms with E-state index in [1.54, 1.807) is 24.7 Å². The number of aromatic nitrogens is 2. The summed E-state index contributed by atoms with van der Waals surface area (Å²) in [4.78, 5) is 23.2. The average molecular weight is 340 g/mol. The maximum Gasteiger partial charge on any atom is 0.223 e. The van der Waals surface area contributed by atoms with Crippen molar-refractivity contribution in [3.8, 4) is 0 Å². The third-order valence-corrected chi connectivity index (χ3v) is 5.24. The Bertz CT molecular complexity index is 759. The Balaban J connectivity index is 1.35. The normalized spacial score (nSPS) is 20.4. The molecule has 130 valence electrons. The van der Waals surface area contributed by atoms with Crippen LogP contribution in [0.25, 0.3) is 0 Å². The maximum absolute atomic E-state index is 13.5. The Hall–Kier alpha value is -2.50. The average Bonchev–Trinajstić information content (AvgIpc) is 3.04. The summed E-state index contributed by atoms with van der Waals surface area (Å²) in [6.45, 7) is 1.60. The van der Waals surface area contributed by atoms with Crippen LogP contribution in [0.15, 0.2) is 36.8 Å². The van der Waals surface area contributed by atoms with Crippen LogP contribution in [0.1, 0.15) is 36.4 Å². The second-order valence-electron chi connectivity index (χ2n) is 6.77. The van der Waals surface area contributed by atoms with E-state index in [1.807, 2.05) is 6.07 Å². The molecule has 1 N–H and O–H groups in total. The van der Waals surface area contributed by atoms with Gasteiger partial charge >= 0.3 is 0 Å². The molecule has 1 aliphatic heterocycles.